The number of anilines is 1. The van der Waals surface area contributed by atoms with Gasteiger partial charge in [0, 0.05) is 12.0 Å². The van der Waals surface area contributed by atoms with Crippen LogP contribution in [0, 0.1) is 0 Å². The summed E-state index contributed by atoms with van der Waals surface area (Å²) >= 11 is 0. The molecule has 0 spiro atoms. The van der Waals surface area contributed by atoms with Crippen LogP contribution in [0.15, 0.2) is 24.3 Å². The summed E-state index contributed by atoms with van der Waals surface area (Å²) in [4.78, 5) is 48.8. The average Bonchev–Trinajstić information content (AvgIpc) is 2.58. The van der Waals surface area contributed by atoms with Crippen molar-refractivity contribution in [1.82, 2.24) is 5.32 Å². The van der Waals surface area contributed by atoms with E-state index in [-0.39, 0.29) is 24.1 Å². The van der Waals surface area contributed by atoms with E-state index in [1.54, 1.807) is 32.9 Å². The first-order chi connectivity index (χ1) is 12.1. The fraction of sp³-hybridized carbons (Fsp3) is 0.444. The van der Waals surface area contributed by atoms with E-state index in [1.807, 2.05) is 0 Å². The van der Waals surface area contributed by atoms with E-state index < -0.39 is 29.5 Å². The predicted octanol–water partition coefficient (Wildman–Crippen LogP) is 1.92. The second-order valence-electron chi connectivity index (χ2n) is 6.46. The van der Waals surface area contributed by atoms with Crippen molar-refractivity contribution in [2.75, 3.05) is 19.1 Å². The molecule has 1 N–H and O–H groups in total. The number of likely N-dealkylation sites (N-methyl/N-ethyl adjacent to an activating group) is 1. The Labute approximate surface area is 152 Å². The van der Waals surface area contributed by atoms with Crippen molar-refractivity contribution in [3.63, 3.8) is 0 Å². The monoisotopic (exact) mass is 364 g/mol. The lowest BCUT2D eigenvalue weighted by atomic mass is 10.0. The van der Waals surface area contributed by atoms with Gasteiger partial charge in [0.1, 0.15) is 11.6 Å². The molecule has 1 atom stereocenters. The fourth-order valence-corrected chi connectivity index (χ4v) is 2.17. The van der Waals surface area contributed by atoms with Gasteiger partial charge < -0.3 is 14.8 Å². The summed E-state index contributed by atoms with van der Waals surface area (Å²) in [5, 5.41) is 2.70. The van der Waals surface area contributed by atoms with Crippen LogP contribution in [0.25, 0.3) is 0 Å². The summed E-state index contributed by atoms with van der Waals surface area (Å²) in [5.74, 6) is -1.02. The molecule has 1 aromatic carbocycles. The molecule has 1 aromatic rings. The molecular formula is C18H24N2O6. The van der Waals surface area contributed by atoms with Gasteiger partial charge in [-0.2, -0.15) is 0 Å². The van der Waals surface area contributed by atoms with Gasteiger partial charge >= 0.3 is 12.1 Å². The molecule has 8 nitrogen and oxygen atoms in total. The van der Waals surface area contributed by atoms with E-state index in [4.69, 9.17) is 4.74 Å². The van der Waals surface area contributed by atoms with Gasteiger partial charge in [-0.1, -0.05) is 12.1 Å². The van der Waals surface area contributed by atoms with Gasteiger partial charge in [-0.25, -0.2) is 9.69 Å². The molecule has 2 amide bonds. The zero-order chi connectivity index (χ0) is 19.9. The van der Waals surface area contributed by atoms with Gasteiger partial charge in [0.2, 0.25) is 6.41 Å². The number of hydrogen-bond donors (Lipinski definition) is 1. The Morgan fingerprint density at radius 3 is 2.35 bits per heavy atom. The van der Waals surface area contributed by atoms with E-state index in [1.165, 1.54) is 26.3 Å². The summed E-state index contributed by atoms with van der Waals surface area (Å²) in [7, 11) is 2.75. The predicted molar refractivity (Wildman–Crippen MR) is 95.0 cm³/mol. The van der Waals surface area contributed by atoms with Gasteiger partial charge in [0.05, 0.1) is 12.8 Å². The third-order valence-electron chi connectivity index (χ3n) is 3.38. The van der Waals surface area contributed by atoms with Crippen molar-refractivity contribution in [1.29, 1.82) is 0 Å². The van der Waals surface area contributed by atoms with E-state index in [9.17, 15) is 19.2 Å². The number of ether oxygens (including phenoxy) is 2. The Bertz CT molecular complexity index is 681. The molecule has 0 heterocycles. The number of imide groups is 1. The molecule has 0 aliphatic heterocycles. The minimum absolute atomic E-state index is 0.0847. The molecule has 142 valence electrons. The molecule has 0 aliphatic rings. The van der Waals surface area contributed by atoms with Crippen LogP contribution in [0.4, 0.5) is 10.5 Å². The number of hydrogen-bond acceptors (Lipinski definition) is 7. The van der Waals surface area contributed by atoms with Crippen LogP contribution in [-0.4, -0.2) is 50.1 Å². The van der Waals surface area contributed by atoms with Crippen LogP contribution in [0.3, 0.4) is 0 Å². The maximum atomic E-state index is 12.6. The number of carbonyl (C=O) groups is 4. The second-order valence-corrected chi connectivity index (χ2v) is 6.46. The Hall–Kier alpha value is -2.74. The molecule has 0 saturated carbocycles. The van der Waals surface area contributed by atoms with Crippen LogP contribution in [0.2, 0.25) is 0 Å². The topological polar surface area (TPSA) is 102 Å². The number of amides is 2. The number of methoxy groups -OCH3 is 1. The quantitative estimate of drug-likeness (QED) is 0.448. The van der Waals surface area contributed by atoms with E-state index in [2.05, 4.69) is 10.1 Å². The molecule has 0 aliphatic carbocycles. The minimum atomic E-state index is -0.897. The lowest BCUT2D eigenvalue weighted by molar-refractivity contribution is -0.142. The normalized spacial score (nSPS) is 12.0. The number of esters is 1. The fourth-order valence-electron chi connectivity index (χ4n) is 2.17. The van der Waals surface area contributed by atoms with Crippen LogP contribution < -0.4 is 10.2 Å². The molecular weight excluding hydrogens is 340 g/mol. The van der Waals surface area contributed by atoms with E-state index in [0.29, 0.717) is 0 Å². The highest BCUT2D eigenvalue weighted by molar-refractivity contribution is 6.11. The highest BCUT2D eigenvalue weighted by atomic mass is 16.6. The van der Waals surface area contributed by atoms with Crippen molar-refractivity contribution >= 4 is 29.9 Å². The number of nitrogens with one attached hydrogen (secondary N) is 1. The summed E-state index contributed by atoms with van der Waals surface area (Å²) in [6.07, 6.45) is -0.803. The highest BCUT2D eigenvalue weighted by Gasteiger charge is 2.28. The van der Waals surface area contributed by atoms with E-state index >= 15 is 0 Å². The lowest BCUT2D eigenvalue weighted by Gasteiger charge is -2.25. The first kappa shape index (κ1) is 21.3. The summed E-state index contributed by atoms with van der Waals surface area (Å²) < 4.78 is 9.83. The van der Waals surface area contributed by atoms with E-state index in [0.717, 1.165) is 4.90 Å². The molecule has 8 heteroatoms. The van der Waals surface area contributed by atoms with Crippen LogP contribution in [0.5, 0.6) is 0 Å². The smallest absolute Gasteiger partial charge is 0.421 e. The summed E-state index contributed by atoms with van der Waals surface area (Å²) in [5.41, 5.74) is -0.601. The molecule has 0 aromatic heterocycles. The van der Waals surface area contributed by atoms with Gasteiger partial charge in [-0.05, 0) is 40.0 Å². The molecule has 0 unspecified atom stereocenters. The lowest BCUT2D eigenvalue weighted by Crippen LogP contribution is -2.38. The van der Waals surface area contributed by atoms with Gasteiger partial charge in [0.15, 0.2) is 5.78 Å². The third-order valence-corrected chi connectivity index (χ3v) is 3.38. The number of Topliss-reactive ketones (excluding diaryl/α,β-unsaturated/α-hetero) is 1. The van der Waals surface area contributed by atoms with Crippen LogP contribution in [-0.2, 0) is 19.1 Å². The zero-order valence-electron chi connectivity index (χ0n) is 15.6. The highest BCUT2D eigenvalue weighted by Crippen LogP contribution is 2.23. The standard InChI is InChI=1S/C18H24N2O6/c1-18(2,3)26-17(24)20(11-21)14-9-7-6-8-12(14)15(22)10-13(19-4)16(23)25-5/h6-9,11,13,19H,10H2,1-5H3/t13-/m0/s1. The van der Waals surface area contributed by atoms with Gasteiger partial charge in [-0.3, -0.25) is 14.4 Å². The SMILES string of the molecule is CN[C@@H](CC(=O)c1ccccc1N(C=O)C(=O)OC(C)(C)C)C(=O)OC. The van der Waals surface area contributed by atoms with Crippen molar-refractivity contribution < 1.29 is 28.7 Å². The first-order valence-corrected chi connectivity index (χ1v) is 7.99. The Balaban J connectivity index is 3.16. The van der Waals surface area contributed by atoms with Crippen molar-refractivity contribution in [2.45, 2.75) is 38.8 Å². The Morgan fingerprint density at radius 2 is 1.85 bits per heavy atom. The molecule has 0 radical (unpaired) electrons. The second kappa shape index (κ2) is 9.10. The summed E-state index contributed by atoms with van der Waals surface area (Å²) in [6.45, 7) is 5.00. The maximum Gasteiger partial charge on any atom is 0.421 e. The number of ketones is 1. The maximum absolute atomic E-state index is 12.6. The first-order valence-electron chi connectivity index (χ1n) is 7.99. The minimum Gasteiger partial charge on any atom is -0.468 e. The number of carbonyl (C=O) groups excluding carboxylic acids is 4. The van der Waals surface area contributed by atoms with Gasteiger partial charge in [0.25, 0.3) is 0 Å². The van der Waals surface area contributed by atoms with Crippen LogP contribution in [0.1, 0.15) is 37.6 Å². The Kier molecular flexibility index (Phi) is 7.45. The number of para-hydroxylation sites is 1. The number of rotatable bonds is 7. The molecule has 0 bridgehead atoms. The van der Waals surface area contributed by atoms with Crippen molar-refractivity contribution in [2.24, 2.45) is 0 Å². The molecule has 1 rings (SSSR count). The third kappa shape index (κ3) is 5.66. The Morgan fingerprint density at radius 1 is 1.23 bits per heavy atom. The van der Waals surface area contributed by atoms with Crippen molar-refractivity contribution in [3.05, 3.63) is 29.8 Å². The van der Waals surface area contributed by atoms with Crippen molar-refractivity contribution in [3.8, 4) is 0 Å². The van der Waals surface area contributed by atoms with Gasteiger partial charge in [-0.15, -0.1) is 0 Å². The average molecular weight is 364 g/mol. The number of benzene rings is 1. The summed E-state index contributed by atoms with van der Waals surface area (Å²) in [6, 6.07) is 5.27. The molecule has 0 fully saturated rings. The molecule has 0 saturated heterocycles. The zero-order valence-corrected chi connectivity index (χ0v) is 15.6. The molecule has 26 heavy (non-hydrogen) atoms. The number of nitrogens with zero attached hydrogens (tertiary/aromatic N) is 1. The van der Waals surface area contributed by atoms with Crippen LogP contribution >= 0.6 is 0 Å². The largest absolute Gasteiger partial charge is 0.468 e.